The Morgan fingerprint density at radius 2 is 2.11 bits per heavy atom. The Morgan fingerprint density at radius 1 is 1.50 bits per heavy atom. The normalized spacial score (nSPS) is 11.6. The number of nitrogens with one attached hydrogen (secondary N) is 1. The lowest BCUT2D eigenvalue weighted by Crippen LogP contribution is -2.39. The van der Waals surface area contributed by atoms with Gasteiger partial charge >= 0.3 is 5.97 Å². The molecule has 0 bridgehead atoms. The Labute approximate surface area is 110 Å². The van der Waals surface area contributed by atoms with Crippen LogP contribution in [0.15, 0.2) is 5.38 Å². The number of aromatic nitrogens is 1. The zero-order valence-electron chi connectivity index (χ0n) is 11.0. The molecule has 18 heavy (non-hydrogen) atoms. The van der Waals surface area contributed by atoms with Crippen molar-refractivity contribution in [3.05, 3.63) is 16.1 Å². The minimum absolute atomic E-state index is 0.0791. The van der Waals surface area contributed by atoms with Crippen molar-refractivity contribution in [2.75, 3.05) is 6.54 Å². The van der Waals surface area contributed by atoms with Crippen LogP contribution in [-0.4, -0.2) is 28.5 Å². The number of hydrogen-bond donors (Lipinski definition) is 2. The van der Waals surface area contributed by atoms with Crippen LogP contribution in [0.1, 0.15) is 49.1 Å². The highest BCUT2D eigenvalue weighted by molar-refractivity contribution is 7.09. The van der Waals surface area contributed by atoms with Crippen molar-refractivity contribution >= 4 is 23.2 Å². The Morgan fingerprint density at radius 3 is 2.56 bits per heavy atom. The van der Waals surface area contributed by atoms with Crippen LogP contribution in [-0.2, 0) is 4.79 Å². The summed E-state index contributed by atoms with van der Waals surface area (Å²) in [6.07, 6.45) is 0. The van der Waals surface area contributed by atoms with Gasteiger partial charge in [0.05, 0.1) is 10.4 Å². The largest absolute Gasteiger partial charge is 0.481 e. The van der Waals surface area contributed by atoms with Crippen LogP contribution in [0.3, 0.4) is 0 Å². The molecule has 1 aromatic heterocycles. The minimum atomic E-state index is -0.980. The molecule has 1 amide bonds. The van der Waals surface area contributed by atoms with Gasteiger partial charge in [-0.25, -0.2) is 4.98 Å². The van der Waals surface area contributed by atoms with Crippen molar-refractivity contribution < 1.29 is 14.7 Å². The molecule has 0 aliphatic carbocycles. The van der Waals surface area contributed by atoms with E-state index in [1.54, 1.807) is 19.2 Å². The highest BCUT2D eigenvalue weighted by atomic mass is 32.1. The molecule has 2 N–H and O–H groups in total. The predicted octanol–water partition coefficient (Wildman–Crippen LogP) is 2.11. The molecule has 6 heteroatoms. The SMILES string of the molecule is CC(C)c1nc(C(=O)NCC(C)(C)C(=O)O)cs1. The molecule has 0 atom stereocenters. The summed E-state index contributed by atoms with van der Waals surface area (Å²) < 4.78 is 0. The fraction of sp³-hybridized carbons (Fsp3) is 0.583. The van der Waals surface area contributed by atoms with Gasteiger partial charge in [0.1, 0.15) is 5.69 Å². The molecule has 0 saturated carbocycles. The number of thiazole rings is 1. The maximum atomic E-state index is 11.8. The predicted molar refractivity (Wildman–Crippen MR) is 70.0 cm³/mol. The first kappa shape index (κ1) is 14.6. The summed E-state index contributed by atoms with van der Waals surface area (Å²) in [7, 11) is 0. The standard InChI is InChI=1S/C12H18N2O3S/c1-7(2)10-14-8(5-18-10)9(15)13-6-12(3,4)11(16)17/h5,7H,6H2,1-4H3,(H,13,15)(H,16,17). The number of hydrogen-bond acceptors (Lipinski definition) is 4. The second-order valence-electron chi connectivity index (χ2n) is 5.10. The smallest absolute Gasteiger partial charge is 0.310 e. The highest BCUT2D eigenvalue weighted by Crippen LogP contribution is 2.19. The summed E-state index contributed by atoms with van der Waals surface area (Å²) >= 11 is 1.44. The fourth-order valence-corrected chi connectivity index (χ4v) is 1.94. The summed E-state index contributed by atoms with van der Waals surface area (Å²) in [6, 6.07) is 0. The Kier molecular flexibility index (Phi) is 4.45. The number of carboxylic acids is 1. The van der Waals surface area contributed by atoms with E-state index in [1.165, 1.54) is 11.3 Å². The van der Waals surface area contributed by atoms with E-state index in [0.29, 0.717) is 5.69 Å². The lowest BCUT2D eigenvalue weighted by molar-refractivity contribution is -0.146. The zero-order chi connectivity index (χ0) is 13.9. The summed E-state index contributed by atoms with van der Waals surface area (Å²) in [4.78, 5) is 26.9. The van der Waals surface area contributed by atoms with E-state index in [4.69, 9.17) is 5.11 Å². The van der Waals surface area contributed by atoms with Crippen molar-refractivity contribution in [2.45, 2.75) is 33.6 Å². The second-order valence-corrected chi connectivity index (χ2v) is 5.99. The third kappa shape index (κ3) is 3.53. The third-order valence-corrected chi connectivity index (χ3v) is 3.66. The molecule has 100 valence electrons. The summed E-state index contributed by atoms with van der Waals surface area (Å²) in [5.41, 5.74) is -0.628. The topological polar surface area (TPSA) is 79.3 Å². The van der Waals surface area contributed by atoms with Gasteiger partial charge in [0, 0.05) is 17.8 Å². The summed E-state index contributed by atoms with van der Waals surface area (Å²) in [5.74, 6) is -0.983. The molecule has 0 aromatic carbocycles. The van der Waals surface area contributed by atoms with Crippen molar-refractivity contribution in [1.82, 2.24) is 10.3 Å². The van der Waals surface area contributed by atoms with E-state index in [9.17, 15) is 9.59 Å². The van der Waals surface area contributed by atoms with Gasteiger partial charge in [-0.3, -0.25) is 9.59 Å². The van der Waals surface area contributed by atoms with Gasteiger partial charge in [0.15, 0.2) is 0 Å². The van der Waals surface area contributed by atoms with Crippen LogP contribution in [0.5, 0.6) is 0 Å². The molecule has 5 nitrogen and oxygen atoms in total. The van der Waals surface area contributed by atoms with Gasteiger partial charge < -0.3 is 10.4 Å². The van der Waals surface area contributed by atoms with E-state index < -0.39 is 11.4 Å². The van der Waals surface area contributed by atoms with Gasteiger partial charge in [-0.15, -0.1) is 11.3 Å². The second kappa shape index (κ2) is 5.48. The molecule has 1 aromatic rings. The van der Waals surface area contributed by atoms with Crippen LogP contribution in [0.4, 0.5) is 0 Å². The molecule has 0 saturated heterocycles. The zero-order valence-corrected chi connectivity index (χ0v) is 11.8. The van der Waals surface area contributed by atoms with Crippen molar-refractivity contribution in [2.24, 2.45) is 5.41 Å². The number of aliphatic carboxylic acids is 1. The minimum Gasteiger partial charge on any atom is -0.481 e. The van der Waals surface area contributed by atoms with E-state index >= 15 is 0 Å². The first-order valence-corrected chi connectivity index (χ1v) is 6.59. The number of amides is 1. The van der Waals surface area contributed by atoms with Crippen molar-refractivity contribution in [3.8, 4) is 0 Å². The number of nitrogens with zero attached hydrogens (tertiary/aromatic N) is 1. The highest BCUT2D eigenvalue weighted by Gasteiger charge is 2.28. The van der Waals surface area contributed by atoms with Gasteiger partial charge in [0.2, 0.25) is 0 Å². The van der Waals surface area contributed by atoms with E-state index in [1.807, 2.05) is 13.8 Å². The Balaban J connectivity index is 2.63. The molecule has 0 aliphatic heterocycles. The maximum absolute atomic E-state index is 11.8. The monoisotopic (exact) mass is 270 g/mol. The van der Waals surface area contributed by atoms with Gasteiger partial charge in [-0.05, 0) is 13.8 Å². The fourth-order valence-electron chi connectivity index (χ4n) is 1.12. The molecular weight excluding hydrogens is 252 g/mol. The number of rotatable bonds is 5. The number of carbonyl (C=O) groups is 2. The van der Waals surface area contributed by atoms with Crippen LogP contribution in [0.2, 0.25) is 0 Å². The molecule has 0 spiro atoms. The average molecular weight is 270 g/mol. The van der Waals surface area contributed by atoms with E-state index in [-0.39, 0.29) is 18.4 Å². The van der Waals surface area contributed by atoms with Crippen molar-refractivity contribution in [3.63, 3.8) is 0 Å². The molecule has 0 radical (unpaired) electrons. The lowest BCUT2D eigenvalue weighted by atomic mass is 9.94. The van der Waals surface area contributed by atoms with Crippen LogP contribution < -0.4 is 5.32 Å². The molecule has 1 heterocycles. The summed E-state index contributed by atoms with van der Waals surface area (Å²) in [6.45, 7) is 7.23. The quantitative estimate of drug-likeness (QED) is 0.858. The van der Waals surface area contributed by atoms with Crippen LogP contribution in [0.25, 0.3) is 0 Å². The molecule has 0 unspecified atom stereocenters. The first-order valence-electron chi connectivity index (χ1n) is 5.71. The van der Waals surface area contributed by atoms with Crippen LogP contribution >= 0.6 is 11.3 Å². The third-order valence-electron chi connectivity index (χ3n) is 2.52. The summed E-state index contributed by atoms with van der Waals surface area (Å²) in [5, 5.41) is 14.1. The number of carboxylic acid groups (broad SMARTS) is 1. The van der Waals surface area contributed by atoms with Gasteiger partial charge in [-0.1, -0.05) is 13.8 Å². The van der Waals surface area contributed by atoms with Crippen LogP contribution in [0, 0.1) is 5.41 Å². The van der Waals surface area contributed by atoms with E-state index in [0.717, 1.165) is 5.01 Å². The molecule has 0 aliphatic rings. The molecule has 1 rings (SSSR count). The maximum Gasteiger partial charge on any atom is 0.310 e. The van der Waals surface area contributed by atoms with Crippen molar-refractivity contribution in [1.29, 1.82) is 0 Å². The average Bonchev–Trinajstić information content (AvgIpc) is 2.75. The molecule has 0 fully saturated rings. The lowest BCUT2D eigenvalue weighted by Gasteiger charge is -2.18. The molecular formula is C12H18N2O3S. The van der Waals surface area contributed by atoms with Gasteiger partial charge in [0.25, 0.3) is 5.91 Å². The Bertz CT molecular complexity index is 452. The Hall–Kier alpha value is -1.43. The number of carbonyl (C=O) groups excluding carboxylic acids is 1. The van der Waals surface area contributed by atoms with Gasteiger partial charge in [-0.2, -0.15) is 0 Å². The first-order chi connectivity index (χ1) is 8.24. The van der Waals surface area contributed by atoms with E-state index in [2.05, 4.69) is 10.3 Å².